The van der Waals surface area contributed by atoms with Crippen molar-refractivity contribution in [3.05, 3.63) is 35.9 Å². The van der Waals surface area contributed by atoms with E-state index in [0.29, 0.717) is 12.2 Å². The van der Waals surface area contributed by atoms with Gasteiger partial charge in [0.15, 0.2) is 0 Å². The summed E-state index contributed by atoms with van der Waals surface area (Å²) in [6, 6.07) is 8.66. The Kier molecular flexibility index (Phi) is 5.20. The monoisotopic (exact) mass is 235 g/mol. The zero-order chi connectivity index (χ0) is 12.7. The molecule has 1 atom stereocenters. The summed E-state index contributed by atoms with van der Waals surface area (Å²) in [5.41, 5.74) is 0.586. The first-order valence-electron chi connectivity index (χ1n) is 5.65. The normalized spacial score (nSPS) is 11.6. The molecule has 1 amide bonds. The quantitative estimate of drug-likeness (QED) is 0.791. The molecule has 0 heterocycles. The van der Waals surface area contributed by atoms with Gasteiger partial charge in [0.2, 0.25) is 0 Å². The van der Waals surface area contributed by atoms with Crippen LogP contribution in [0.1, 0.15) is 30.6 Å². The van der Waals surface area contributed by atoms with Gasteiger partial charge in [-0.1, -0.05) is 18.2 Å². The number of hydrogen-bond acceptors (Lipinski definition) is 3. The first kappa shape index (κ1) is 13.2. The molecule has 0 saturated heterocycles. The molecule has 0 unspecified atom stereocenters. The Morgan fingerprint density at radius 3 is 2.53 bits per heavy atom. The highest BCUT2D eigenvalue weighted by molar-refractivity contribution is 5.94. The number of esters is 1. The molecule has 0 spiro atoms. The SMILES string of the molecule is CCOC(=O)C[C@H](C)NC(=O)c1ccccc1. The van der Waals surface area contributed by atoms with Crippen LogP contribution in [0.25, 0.3) is 0 Å². The first-order valence-corrected chi connectivity index (χ1v) is 5.65. The molecule has 0 aliphatic rings. The van der Waals surface area contributed by atoms with Crippen LogP contribution < -0.4 is 5.32 Å². The van der Waals surface area contributed by atoms with Crippen molar-refractivity contribution in [1.82, 2.24) is 5.32 Å². The topological polar surface area (TPSA) is 55.4 Å². The third kappa shape index (κ3) is 4.68. The molecule has 4 nitrogen and oxygen atoms in total. The standard InChI is InChI=1S/C13H17NO3/c1-3-17-12(15)9-10(2)14-13(16)11-7-5-4-6-8-11/h4-8,10H,3,9H2,1-2H3,(H,14,16)/t10-/m0/s1. The van der Waals surface area contributed by atoms with Gasteiger partial charge in [-0.25, -0.2) is 0 Å². The summed E-state index contributed by atoms with van der Waals surface area (Å²) in [4.78, 5) is 22.9. The molecule has 0 saturated carbocycles. The molecule has 1 N–H and O–H groups in total. The van der Waals surface area contributed by atoms with E-state index in [4.69, 9.17) is 4.74 Å². The van der Waals surface area contributed by atoms with Crippen molar-refractivity contribution in [2.45, 2.75) is 26.3 Å². The molecule has 1 aromatic carbocycles. The molecule has 4 heteroatoms. The van der Waals surface area contributed by atoms with Gasteiger partial charge in [0.1, 0.15) is 0 Å². The van der Waals surface area contributed by atoms with Crippen molar-refractivity contribution in [3.63, 3.8) is 0 Å². The van der Waals surface area contributed by atoms with Gasteiger partial charge in [-0.05, 0) is 26.0 Å². The molecule has 1 rings (SSSR count). The molecule has 0 aromatic heterocycles. The van der Waals surface area contributed by atoms with Gasteiger partial charge >= 0.3 is 5.97 Å². The van der Waals surface area contributed by atoms with E-state index in [-0.39, 0.29) is 24.3 Å². The second-order valence-corrected chi connectivity index (χ2v) is 3.75. The van der Waals surface area contributed by atoms with Crippen LogP contribution in [0.3, 0.4) is 0 Å². The van der Waals surface area contributed by atoms with Gasteiger partial charge in [-0.3, -0.25) is 9.59 Å². The average Bonchev–Trinajstić information content (AvgIpc) is 2.30. The molecular weight excluding hydrogens is 218 g/mol. The Morgan fingerprint density at radius 1 is 1.29 bits per heavy atom. The van der Waals surface area contributed by atoms with E-state index in [1.54, 1.807) is 38.1 Å². The van der Waals surface area contributed by atoms with E-state index >= 15 is 0 Å². The first-order chi connectivity index (χ1) is 8.13. The predicted molar refractivity (Wildman–Crippen MR) is 64.6 cm³/mol. The Labute approximate surface area is 101 Å². The predicted octanol–water partition coefficient (Wildman–Crippen LogP) is 1.76. The van der Waals surface area contributed by atoms with Crippen molar-refractivity contribution >= 4 is 11.9 Å². The lowest BCUT2D eigenvalue weighted by atomic mass is 10.2. The number of amides is 1. The van der Waals surface area contributed by atoms with Crippen molar-refractivity contribution in [1.29, 1.82) is 0 Å². The highest BCUT2D eigenvalue weighted by atomic mass is 16.5. The van der Waals surface area contributed by atoms with Gasteiger partial charge in [0, 0.05) is 11.6 Å². The molecule has 92 valence electrons. The van der Waals surface area contributed by atoms with E-state index in [0.717, 1.165) is 0 Å². The summed E-state index contributed by atoms with van der Waals surface area (Å²) in [5, 5.41) is 2.75. The summed E-state index contributed by atoms with van der Waals surface area (Å²) in [5.74, 6) is -0.476. The second-order valence-electron chi connectivity index (χ2n) is 3.75. The van der Waals surface area contributed by atoms with E-state index in [9.17, 15) is 9.59 Å². The Hall–Kier alpha value is -1.84. The largest absolute Gasteiger partial charge is 0.466 e. The maximum Gasteiger partial charge on any atom is 0.307 e. The second kappa shape index (κ2) is 6.68. The number of benzene rings is 1. The summed E-state index contributed by atoms with van der Waals surface area (Å²) >= 11 is 0. The lowest BCUT2D eigenvalue weighted by molar-refractivity contribution is -0.143. The van der Waals surface area contributed by atoms with Crippen LogP contribution in [0.15, 0.2) is 30.3 Å². The average molecular weight is 235 g/mol. The van der Waals surface area contributed by atoms with Crippen molar-refractivity contribution < 1.29 is 14.3 Å². The van der Waals surface area contributed by atoms with Crippen LogP contribution >= 0.6 is 0 Å². The summed E-state index contributed by atoms with van der Waals surface area (Å²) in [6.07, 6.45) is 0.187. The number of nitrogens with one attached hydrogen (secondary N) is 1. The van der Waals surface area contributed by atoms with Crippen LogP contribution in [-0.4, -0.2) is 24.5 Å². The Morgan fingerprint density at radius 2 is 1.94 bits per heavy atom. The Bertz CT molecular complexity index is 376. The molecular formula is C13H17NO3. The van der Waals surface area contributed by atoms with Crippen molar-refractivity contribution in [2.24, 2.45) is 0 Å². The van der Waals surface area contributed by atoms with Crippen LogP contribution in [0.4, 0.5) is 0 Å². The van der Waals surface area contributed by atoms with E-state index in [1.165, 1.54) is 0 Å². The highest BCUT2D eigenvalue weighted by Gasteiger charge is 2.13. The maximum absolute atomic E-state index is 11.7. The van der Waals surface area contributed by atoms with E-state index in [1.807, 2.05) is 6.07 Å². The number of carbonyl (C=O) groups excluding carboxylic acids is 2. The lowest BCUT2D eigenvalue weighted by Crippen LogP contribution is -2.34. The maximum atomic E-state index is 11.7. The minimum atomic E-state index is -0.298. The fourth-order valence-corrected chi connectivity index (χ4v) is 1.42. The van der Waals surface area contributed by atoms with Crippen LogP contribution in [0, 0.1) is 0 Å². The number of ether oxygens (including phenoxy) is 1. The van der Waals surface area contributed by atoms with Gasteiger partial charge in [0.25, 0.3) is 5.91 Å². The minimum absolute atomic E-state index is 0.178. The zero-order valence-corrected chi connectivity index (χ0v) is 10.1. The zero-order valence-electron chi connectivity index (χ0n) is 10.1. The summed E-state index contributed by atoms with van der Waals surface area (Å²) in [6.45, 7) is 3.89. The lowest BCUT2D eigenvalue weighted by Gasteiger charge is -2.12. The molecule has 17 heavy (non-hydrogen) atoms. The van der Waals surface area contributed by atoms with Crippen LogP contribution in [-0.2, 0) is 9.53 Å². The minimum Gasteiger partial charge on any atom is -0.466 e. The fraction of sp³-hybridized carbons (Fsp3) is 0.385. The van der Waals surface area contributed by atoms with Crippen LogP contribution in [0.2, 0.25) is 0 Å². The van der Waals surface area contributed by atoms with E-state index in [2.05, 4.69) is 5.32 Å². The van der Waals surface area contributed by atoms with Gasteiger partial charge in [0.05, 0.1) is 13.0 Å². The van der Waals surface area contributed by atoms with Crippen molar-refractivity contribution in [2.75, 3.05) is 6.61 Å². The molecule has 1 aromatic rings. The smallest absolute Gasteiger partial charge is 0.307 e. The number of rotatable bonds is 5. The molecule has 0 fully saturated rings. The van der Waals surface area contributed by atoms with Crippen LogP contribution in [0.5, 0.6) is 0 Å². The molecule has 0 radical (unpaired) electrons. The number of hydrogen-bond donors (Lipinski definition) is 1. The molecule has 0 bridgehead atoms. The highest BCUT2D eigenvalue weighted by Crippen LogP contribution is 2.00. The third-order valence-electron chi connectivity index (χ3n) is 2.19. The molecule has 0 aliphatic carbocycles. The number of carbonyl (C=O) groups is 2. The van der Waals surface area contributed by atoms with E-state index < -0.39 is 0 Å². The fourth-order valence-electron chi connectivity index (χ4n) is 1.42. The summed E-state index contributed by atoms with van der Waals surface area (Å²) in [7, 11) is 0. The summed E-state index contributed by atoms with van der Waals surface area (Å²) < 4.78 is 4.81. The van der Waals surface area contributed by atoms with Gasteiger partial charge in [-0.15, -0.1) is 0 Å². The molecule has 0 aliphatic heterocycles. The van der Waals surface area contributed by atoms with Gasteiger partial charge < -0.3 is 10.1 Å². The van der Waals surface area contributed by atoms with Crippen molar-refractivity contribution in [3.8, 4) is 0 Å². The van der Waals surface area contributed by atoms with Gasteiger partial charge in [-0.2, -0.15) is 0 Å². The Balaban J connectivity index is 2.44. The third-order valence-corrected chi connectivity index (χ3v) is 2.19.